The summed E-state index contributed by atoms with van der Waals surface area (Å²) in [6.07, 6.45) is 5.37. The Morgan fingerprint density at radius 1 is 1.00 bits per heavy atom. The molecule has 134 valence electrons. The molecule has 0 fully saturated rings. The average Bonchev–Trinajstić information content (AvgIpc) is 3.16. The molecule has 2 heterocycles. The normalized spacial score (nSPS) is 19.7. The minimum Gasteiger partial charge on any atom is -0.359 e. The van der Waals surface area contributed by atoms with E-state index >= 15 is 0 Å². The van der Waals surface area contributed by atoms with E-state index in [2.05, 4.69) is 74.5 Å². The van der Waals surface area contributed by atoms with E-state index < -0.39 is 6.98 Å². The zero-order valence-electron chi connectivity index (χ0n) is 19.1. The number of aromatic nitrogens is 1. The SMILES string of the molecule is [2H]C([2H])([2H])N1C=CN(c2c(C)ccn2-c2c(C(C)C)cccc2C(C)C)[C@H]1C. The molecule has 3 heteroatoms. The van der Waals surface area contributed by atoms with Gasteiger partial charge in [0, 0.05) is 29.7 Å². The van der Waals surface area contributed by atoms with E-state index in [9.17, 15) is 0 Å². The van der Waals surface area contributed by atoms with Gasteiger partial charge in [-0.15, -0.1) is 0 Å². The molecule has 0 unspecified atom stereocenters. The van der Waals surface area contributed by atoms with Crippen LogP contribution in [-0.2, 0) is 0 Å². The first-order chi connectivity index (χ1) is 13.0. The fraction of sp³-hybridized carbons (Fsp3) is 0.455. The van der Waals surface area contributed by atoms with Gasteiger partial charge in [0.05, 0.1) is 5.69 Å². The molecule has 1 aliphatic rings. The first-order valence-corrected chi connectivity index (χ1v) is 9.10. The lowest BCUT2D eigenvalue weighted by Gasteiger charge is -2.30. The highest BCUT2D eigenvalue weighted by Crippen LogP contribution is 2.37. The second-order valence-corrected chi connectivity index (χ2v) is 7.53. The van der Waals surface area contributed by atoms with Crippen molar-refractivity contribution >= 4 is 5.82 Å². The molecule has 0 saturated carbocycles. The van der Waals surface area contributed by atoms with Crippen LogP contribution in [0.5, 0.6) is 0 Å². The van der Waals surface area contributed by atoms with Gasteiger partial charge in [0.1, 0.15) is 12.0 Å². The topological polar surface area (TPSA) is 11.4 Å². The summed E-state index contributed by atoms with van der Waals surface area (Å²) in [6, 6.07) is 8.64. The van der Waals surface area contributed by atoms with E-state index in [1.807, 2.05) is 13.1 Å². The molecule has 0 spiro atoms. The molecule has 0 amide bonds. The number of para-hydroxylation sites is 1. The highest BCUT2D eigenvalue weighted by molar-refractivity contribution is 5.62. The molecular formula is C22H31N3. The predicted octanol–water partition coefficient (Wildman–Crippen LogP) is 5.60. The third kappa shape index (κ3) is 2.97. The number of rotatable bonds is 4. The Kier molecular flexibility index (Phi) is 3.72. The Bertz CT molecular complexity index is 851. The first-order valence-electron chi connectivity index (χ1n) is 10.6. The zero-order chi connectivity index (χ0) is 20.8. The summed E-state index contributed by atoms with van der Waals surface area (Å²) >= 11 is 0. The molecule has 1 aliphatic heterocycles. The molecule has 1 atom stereocenters. The van der Waals surface area contributed by atoms with Crippen LogP contribution >= 0.6 is 0 Å². The number of hydrogen-bond donors (Lipinski definition) is 0. The average molecular weight is 341 g/mol. The zero-order valence-corrected chi connectivity index (χ0v) is 16.1. The van der Waals surface area contributed by atoms with E-state index in [1.54, 1.807) is 6.20 Å². The number of benzene rings is 1. The minimum atomic E-state index is -2.16. The van der Waals surface area contributed by atoms with Crippen LogP contribution < -0.4 is 4.90 Å². The molecular weight excluding hydrogens is 306 g/mol. The molecule has 3 rings (SSSR count). The Hall–Kier alpha value is -2.16. The van der Waals surface area contributed by atoms with E-state index in [-0.39, 0.29) is 6.17 Å². The standard InChI is InChI=1S/C22H31N3/c1-15(2)19-9-8-10-20(16(3)4)21(19)25-12-11-17(5)22(25)24-14-13-23(7)18(24)6/h8-16,18H,1-7H3/t18-/m0/s1/i7D3. The third-order valence-electron chi connectivity index (χ3n) is 5.08. The van der Waals surface area contributed by atoms with Crippen molar-refractivity contribution in [2.24, 2.45) is 0 Å². The Morgan fingerprint density at radius 2 is 1.64 bits per heavy atom. The third-order valence-corrected chi connectivity index (χ3v) is 5.08. The van der Waals surface area contributed by atoms with Crippen molar-refractivity contribution in [2.75, 3.05) is 11.9 Å². The van der Waals surface area contributed by atoms with Crippen molar-refractivity contribution in [3.8, 4) is 5.69 Å². The summed E-state index contributed by atoms with van der Waals surface area (Å²) in [5.74, 6) is 1.79. The molecule has 2 aromatic rings. The van der Waals surface area contributed by atoms with Crippen LogP contribution in [0.25, 0.3) is 5.69 Å². The Labute approximate surface area is 156 Å². The van der Waals surface area contributed by atoms with Gasteiger partial charge in [-0.05, 0) is 48.4 Å². The molecule has 0 N–H and O–H groups in total. The second-order valence-electron chi connectivity index (χ2n) is 7.53. The summed E-state index contributed by atoms with van der Waals surface area (Å²) in [4.78, 5) is 3.49. The van der Waals surface area contributed by atoms with Gasteiger partial charge in [0.2, 0.25) is 0 Å². The monoisotopic (exact) mass is 340 g/mol. The minimum absolute atomic E-state index is 0.284. The summed E-state index contributed by atoms with van der Waals surface area (Å²) in [5, 5.41) is 0. The molecule has 1 aromatic heterocycles. The van der Waals surface area contributed by atoms with Gasteiger partial charge in [-0.3, -0.25) is 0 Å². The molecule has 3 nitrogen and oxygen atoms in total. The molecule has 0 aliphatic carbocycles. The summed E-state index contributed by atoms with van der Waals surface area (Å²) < 4.78 is 25.6. The van der Waals surface area contributed by atoms with E-state index in [0.29, 0.717) is 11.8 Å². The van der Waals surface area contributed by atoms with Gasteiger partial charge in [0.25, 0.3) is 0 Å². The highest BCUT2D eigenvalue weighted by Gasteiger charge is 2.26. The second kappa shape index (κ2) is 6.62. The maximum Gasteiger partial charge on any atom is 0.121 e. The van der Waals surface area contributed by atoms with Crippen LogP contribution in [0.2, 0.25) is 0 Å². The summed E-state index contributed by atoms with van der Waals surface area (Å²) in [6.45, 7) is 10.7. The molecule has 0 bridgehead atoms. The van der Waals surface area contributed by atoms with Crippen molar-refractivity contribution in [1.29, 1.82) is 0 Å². The van der Waals surface area contributed by atoms with Crippen LogP contribution in [0.15, 0.2) is 42.9 Å². The lowest BCUT2D eigenvalue weighted by Crippen LogP contribution is -2.35. The van der Waals surface area contributed by atoms with Gasteiger partial charge in [-0.25, -0.2) is 0 Å². The van der Waals surface area contributed by atoms with Crippen LogP contribution in [0.1, 0.15) is 67.3 Å². The van der Waals surface area contributed by atoms with Crippen molar-refractivity contribution in [3.05, 3.63) is 59.6 Å². The fourth-order valence-corrected chi connectivity index (χ4v) is 3.59. The maximum atomic E-state index is 7.80. The molecule has 1 aromatic carbocycles. The molecule has 0 saturated heterocycles. The van der Waals surface area contributed by atoms with Gasteiger partial charge in [-0.2, -0.15) is 0 Å². The lowest BCUT2D eigenvalue weighted by molar-refractivity contribution is 0.381. The van der Waals surface area contributed by atoms with Gasteiger partial charge in [-0.1, -0.05) is 45.9 Å². The van der Waals surface area contributed by atoms with Crippen LogP contribution in [0.3, 0.4) is 0 Å². The van der Waals surface area contributed by atoms with Gasteiger partial charge in [0.15, 0.2) is 0 Å². The lowest BCUT2D eigenvalue weighted by atomic mass is 9.92. The summed E-state index contributed by atoms with van der Waals surface area (Å²) in [7, 11) is 0. The van der Waals surface area contributed by atoms with Crippen LogP contribution in [0, 0.1) is 6.92 Å². The predicted molar refractivity (Wildman–Crippen MR) is 108 cm³/mol. The smallest absolute Gasteiger partial charge is 0.121 e. The summed E-state index contributed by atoms with van der Waals surface area (Å²) in [5.41, 5.74) is 4.93. The quantitative estimate of drug-likeness (QED) is 0.717. The number of aryl methyl sites for hydroxylation is 1. The number of nitrogens with zero attached hydrogens (tertiary/aromatic N) is 3. The number of hydrogen-bond acceptors (Lipinski definition) is 2. The van der Waals surface area contributed by atoms with E-state index in [0.717, 1.165) is 11.4 Å². The molecule has 0 radical (unpaired) electrons. The maximum absolute atomic E-state index is 7.80. The Balaban J connectivity index is 2.18. The fourth-order valence-electron chi connectivity index (χ4n) is 3.59. The van der Waals surface area contributed by atoms with E-state index in [4.69, 9.17) is 4.11 Å². The van der Waals surface area contributed by atoms with Crippen molar-refractivity contribution < 1.29 is 4.11 Å². The molecule has 25 heavy (non-hydrogen) atoms. The highest BCUT2D eigenvalue weighted by atomic mass is 15.4. The van der Waals surface area contributed by atoms with Crippen molar-refractivity contribution in [2.45, 2.75) is 59.5 Å². The van der Waals surface area contributed by atoms with Crippen molar-refractivity contribution in [1.82, 2.24) is 9.47 Å². The van der Waals surface area contributed by atoms with Crippen LogP contribution in [-0.4, -0.2) is 22.6 Å². The van der Waals surface area contributed by atoms with Gasteiger partial charge < -0.3 is 14.4 Å². The van der Waals surface area contributed by atoms with Gasteiger partial charge >= 0.3 is 0 Å². The number of anilines is 1. The van der Waals surface area contributed by atoms with Crippen molar-refractivity contribution in [3.63, 3.8) is 0 Å². The Morgan fingerprint density at radius 3 is 2.16 bits per heavy atom. The van der Waals surface area contributed by atoms with E-state index in [1.165, 1.54) is 21.7 Å². The van der Waals surface area contributed by atoms with Crippen LogP contribution in [0.4, 0.5) is 5.82 Å². The largest absolute Gasteiger partial charge is 0.359 e. The first kappa shape index (κ1) is 14.1.